The number of anilines is 2. The van der Waals surface area contributed by atoms with Gasteiger partial charge in [0.15, 0.2) is 10.9 Å². The number of carbonyl (C=O) groups is 1. The lowest BCUT2D eigenvalue weighted by atomic mass is 10.0. The molecule has 1 aliphatic heterocycles. The fourth-order valence-electron chi connectivity index (χ4n) is 4.70. The lowest BCUT2D eigenvalue weighted by Crippen LogP contribution is -2.48. The van der Waals surface area contributed by atoms with Crippen LogP contribution in [-0.2, 0) is 11.2 Å². The van der Waals surface area contributed by atoms with Gasteiger partial charge < -0.3 is 15.2 Å². The highest BCUT2D eigenvalue weighted by Gasteiger charge is 2.60. The summed E-state index contributed by atoms with van der Waals surface area (Å²) in [6, 6.07) is 3.35. The van der Waals surface area contributed by atoms with Crippen LogP contribution in [0.25, 0.3) is 0 Å². The van der Waals surface area contributed by atoms with Crippen LogP contribution in [0.4, 0.5) is 37.2 Å². The fraction of sp³-hybridized carbons (Fsp3) is 0.583. The van der Waals surface area contributed by atoms with Gasteiger partial charge in [0.2, 0.25) is 5.92 Å². The van der Waals surface area contributed by atoms with Gasteiger partial charge in [0, 0.05) is 34.2 Å². The number of halogens is 7. The molecule has 4 rings (SSSR count). The minimum absolute atomic E-state index is 0.108. The molecule has 1 unspecified atom stereocenters. The summed E-state index contributed by atoms with van der Waals surface area (Å²) in [6.45, 7) is 1.10. The maximum atomic E-state index is 12.8. The number of fused-ring (bicyclic) bond motifs is 1. The molecule has 2 aromatic rings. The van der Waals surface area contributed by atoms with Crippen LogP contribution in [0.3, 0.4) is 0 Å². The Hall–Kier alpha value is -2.09. The number of Topliss-reactive ketones (excluding diaryl/α,β-unsaturated/α-hetero) is 1. The Balaban J connectivity index is 1.37. The number of rotatable bonds is 7. The largest absolute Gasteiger partial charge is 0.490 e. The molecule has 0 bridgehead atoms. The first kappa shape index (κ1) is 28.9. The van der Waals surface area contributed by atoms with Crippen LogP contribution in [-0.4, -0.2) is 58.9 Å². The molecule has 2 heterocycles. The third-order valence-corrected chi connectivity index (χ3v) is 7.94. The van der Waals surface area contributed by atoms with Gasteiger partial charge in [0.05, 0.1) is 18.3 Å². The van der Waals surface area contributed by atoms with Crippen molar-refractivity contribution in [3.05, 3.63) is 33.3 Å². The summed E-state index contributed by atoms with van der Waals surface area (Å²) >= 11 is 7.77. The summed E-state index contributed by atoms with van der Waals surface area (Å²) in [5, 5.41) is 14.4. The van der Waals surface area contributed by atoms with Crippen molar-refractivity contribution in [3.8, 4) is 5.75 Å². The number of nitrogens with one attached hydrogen (secondary N) is 1. The highest BCUT2D eigenvalue weighted by Crippen LogP contribution is 2.41. The van der Waals surface area contributed by atoms with Crippen molar-refractivity contribution in [1.82, 2.24) is 9.88 Å². The molecule has 2 N–H and O–H groups in total. The van der Waals surface area contributed by atoms with Crippen LogP contribution in [0.5, 0.6) is 5.75 Å². The fourth-order valence-corrected chi connectivity index (χ4v) is 5.98. The summed E-state index contributed by atoms with van der Waals surface area (Å²) in [7, 11) is 0. The number of hydrogen-bond acceptors (Lipinski definition) is 7. The molecule has 1 fully saturated rings. The van der Waals surface area contributed by atoms with E-state index in [1.165, 1.54) is 16.2 Å². The average molecular weight is 586 g/mol. The second-order valence-electron chi connectivity index (χ2n) is 9.51. The first-order valence-corrected chi connectivity index (χ1v) is 13.2. The van der Waals surface area contributed by atoms with Crippen molar-refractivity contribution in [1.29, 1.82) is 0 Å². The number of ether oxygens (including phenoxy) is 1. The Labute approximate surface area is 223 Å². The Kier molecular flexibility index (Phi) is 8.51. The molecule has 1 aliphatic carbocycles. The predicted molar refractivity (Wildman–Crippen MR) is 130 cm³/mol. The first-order chi connectivity index (χ1) is 17.7. The molecular weight excluding hydrogens is 560 g/mol. The quantitative estimate of drug-likeness (QED) is 0.368. The maximum Gasteiger partial charge on any atom is 0.407 e. The number of piperidine rings is 1. The molecule has 6 nitrogen and oxygen atoms in total. The third kappa shape index (κ3) is 6.72. The monoisotopic (exact) mass is 585 g/mol. The second kappa shape index (κ2) is 11.2. The van der Waals surface area contributed by atoms with Crippen molar-refractivity contribution >= 4 is 39.5 Å². The molecule has 2 aliphatic rings. The number of carbonyl (C=O) groups excluding carboxylic acids is 1. The number of thiazole rings is 1. The number of aliphatic hydroxyl groups is 1. The van der Waals surface area contributed by atoms with Gasteiger partial charge in [-0.2, -0.15) is 26.3 Å². The molecule has 1 atom stereocenters. The van der Waals surface area contributed by atoms with E-state index in [1.807, 2.05) is 6.92 Å². The van der Waals surface area contributed by atoms with Gasteiger partial charge >= 0.3 is 12.4 Å². The van der Waals surface area contributed by atoms with Crippen LogP contribution in [0, 0.1) is 12.8 Å². The van der Waals surface area contributed by atoms with Crippen molar-refractivity contribution in [2.45, 2.75) is 63.6 Å². The standard InChI is InChI=1S/C24H26ClF6N3O3S/c1-12-15(32-22-33-20-16(35)3-2-4-19(20)38-22)9-13(25)10-18(12)37-14-5-7-34(8-6-14)11-17(36)21(23(26,27)28)24(29,30)31/h9-10,14,16,21,35H,2-8,11H2,1H3,(H,32,33). The molecule has 0 saturated carbocycles. The topological polar surface area (TPSA) is 74.7 Å². The number of aromatic nitrogens is 1. The van der Waals surface area contributed by atoms with E-state index in [1.54, 1.807) is 12.1 Å². The minimum atomic E-state index is -5.69. The Morgan fingerprint density at radius 1 is 1.21 bits per heavy atom. The van der Waals surface area contributed by atoms with E-state index in [-0.39, 0.29) is 19.2 Å². The van der Waals surface area contributed by atoms with Crippen molar-refractivity contribution in [2.24, 2.45) is 5.92 Å². The summed E-state index contributed by atoms with van der Waals surface area (Å²) in [6.07, 6.45) is -9.30. The molecule has 1 saturated heterocycles. The molecular formula is C24H26ClF6N3O3S. The van der Waals surface area contributed by atoms with Crippen LogP contribution in [0.15, 0.2) is 12.1 Å². The number of benzene rings is 1. The molecule has 38 heavy (non-hydrogen) atoms. The van der Waals surface area contributed by atoms with Gasteiger partial charge in [-0.05, 0) is 51.2 Å². The maximum absolute atomic E-state index is 12.8. The lowest BCUT2D eigenvalue weighted by Gasteiger charge is -2.33. The summed E-state index contributed by atoms with van der Waals surface area (Å²) < 4.78 is 83.1. The van der Waals surface area contributed by atoms with E-state index >= 15 is 0 Å². The van der Waals surface area contributed by atoms with Crippen molar-refractivity contribution < 1.29 is 41.0 Å². The number of hydrogen-bond donors (Lipinski definition) is 2. The van der Waals surface area contributed by atoms with E-state index in [2.05, 4.69) is 10.3 Å². The molecule has 14 heteroatoms. The zero-order valence-corrected chi connectivity index (χ0v) is 21.8. The molecule has 0 amide bonds. The lowest BCUT2D eigenvalue weighted by molar-refractivity contribution is -0.273. The van der Waals surface area contributed by atoms with Gasteiger partial charge in [-0.1, -0.05) is 11.6 Å². The second-order valence-corrected chi connectivity index (χ2v) is 11.0. The third-order valence-electron chi connectivity index (χ3n) is 6.68. The highest BCUT2D eigenvalue weighted by molar-refractivity contribution is 7.15. The van der Waals surface area contributed by atoms with Crippen LogP contribution in [0.1, 0.15) is 47.9 Å². The molecule has 0 spiro atoms. The van der Waals surface area contributed by atoms with Crippen molar-refractivity contribution in [2.75, 3.05) is 25.0 Å². The normalized spacial score (nSPS) is 19.5. The van der Waals surface area contributed by atoms with Crippen molar-refractivity contribution in [3.63, 3.8) is 0 Å². The van der Waals surface area contributed by atoms with Crippen LogP contribution < -0.4 is 10.1 Å². The number of alkyl halides is 6. The minimum Gasteiger partial charge on any atom is -0.490 e. The molecule has 210 valence electrons. The van der Waals surface area contributed by atoms with E-state index in [4.69, 9.17) is 16.3 Å². The van der Waals surface area contributed by atoms with Crippen LogP contribution in [0.2, 0.25) is 5.02 Å². The van der Waals surface area contributed by atoms with Gasteiger partial charge in [-0.3, -0.25) is 9.69 Å². The van der Waals surface area contributed by atoms with Gasteiger partial charge in [-0.15, -0.1) is 11.3 Å². The van der Waals surface area contributed by atoms with Gasteiger partial charge in [-0.25, -0.2) is 4.98 Å². The molecule has 0 radical (unpaired) electrons. The Morgan fingerprint density at radius 2 is 1.87 bits per heavy atom. The van der Waals surface area contributed by atoms with Gasteiger partial charge in [0.1, 0.15) is 11.9 Å². The van der Waals surface area contributed by atoms with E-state index in [0.29, 0.717) is 46.5 Å². The summed E-state index contributed by atoms with van der Waals surface area (Å²) in [5.41, 5.74) is 2.07. The zero-order valence-electron chi connectivity index (χ0n) is 20.3. The van der Waals surface area contributed by atoms with E-state index in [0.717, 1.165) is 23.3 Å². The van der Waals surface area contributed by atoms with E-state index in [9.17, 15) is 36.2 Å². The number of likely N-dealkylation sites (tertiary alicyclic amines) is 1. The predicted octanol–water partition coefficient (Wildman–Crippen LogP) is 6.37. The van der Waals surface area contributed by atoms with Gasteiger partial charge in [0.25, 0.3) is 0 Å². The number of aliphatic hydroxyl groups excluding tert-OH is 1. The smallest absolute Gasteiger partial charge is 0.407 e. The SMILES string of the molecule is Cc1c(Nc2nc3c(s2)CCCC3O)cc(Cl)cc1OC1CCN(CC(=O)C(C(F)(F)F)C(F)(F)F)CC1. The average Bonchev–Trinajstić information content (AvgIpc) is 3.20. The number of nitrogens with zero attached hydrogens (tertiary/aromatic N) is 2. The summed E-state index contributed by atoms with van der Waals surface area (Å²) in [5.74, 6) is -5.43. The number of aryl methyl sites for hydroxylation is 1. The van der Waals surface area contributed by atoms with E-state index < -0.39 is 36.7 Å². The van der Waals surface area contributed by atoms with Crippen LogP contribution >= 0.6 is 22.9 Å². The Morgan fingerprint density at radius 3 is 2.47 bits per heavy atom. The summed E-state index contributed by atoms with van der Waals surface area (Å²) in [4.78, 5) is 18.7. The number of ketones is 1. The molecule has 1 aromatic carbocycles. The zero-order chi connectivity index (χ0) is 27.8. The molecule has 1 aromatic heterocycles. The highest BCUT2D eigenvalue weighted by atomic mass is 35.5. The Bertz CT molecular complexity index is 1150. The first-order valence-electron chi connectivity index (χ1n) is 12.0.